The number of amides is 1. The highest BCUT2D eigenvalue weighted by Crippen LogP contribution is 2.29. The molecule has 1 N–H and O–H groups in total. The van der Waals surface area contributed by atoms with Crippen molar-refractivity contribution in [2.75, 3.05) is 52.3 Å². The number of ether oxygens (including phenoxy) is 2. The second-order valence-electron chi connectivity index (χ2n) is 7.73. The van der Waals surface area contributed by atoms with Crippen molar-refractivity contribution in [2.45, 2.75) is 18.2 Å². The molecule has 10 heteroatoms. The Balaban J connectivity index is 1.60. The van der Waals surface area contributed by atoms with Crippen LogP contribution < -0.4 is 14.8 Å². The summed E-state index contributed by atoms with van der Waals surface area (Å²) in [7, 11) is -0.609. The normalized spacial score (nSPS) is 15.5. The Morgan fingerprint density at radius 1 is 0.970 bits per heavy atom. The standard InChI is InChI=1S/C23H29N3O6S/c1-17(27)18-5-8-20(9-6-18)33(29,30)26-12-4-11-25(13-14-26)16-23(28)24-21-10-7-19(31-2)15-22(21)32-3/h5-10,15H,4,11-14,16H2,1-3H3,(H,24,28). The zero-order valence-electron chi connectivity index (χ0n) is 19.0. The van der Waals surface area contributed by atoms with Gasteiger partial charge in [0.2, 0.25) is 15.9 Å². The van der Waals surface area contributed by atoms with Crippen molar-refractivity contribution in [1.82, 2.24) is 9.21 Å². The maximum atomic E-state index is 13.0. The number of methoxy groups -OCH3 is 2. The van der Waals surface area contributed by atoms with Gasteiger partial charge in [-0.05, 0) is 44.2 Å². The average Bonchev–Trinajstić information content (AvgIpc) is 3.05. The molecule has 0 aromatic heterocycles. The Morgan fingerprint density at radius 3 is 2.33 bits per heavy atom. The van der Waals surface area contributed by atoms with E-state index in [9.17, 15) is 18.0 Å². The Hall–Kier alpha value is -2.95. The van der Waals surface area contributed by atoms with Crippen molar-refractivity contribution in [3.63, 3.8) is 0 Å². The van der Waals surface area contributed by atoms with Gasteiger partial charge in [-0.1, -0.05) is 12.1 Å². The van der Waals surface area contributed by atoms with Gasteiger partial charge in [0.1, 0.15) is 11.5 Å². The number of carbonyl (C=O) groups is 2. The van der Waals surface area contributed by atoms with Crippen LogP contribution in [0.4, 0.5) is 5.69 Å². The third-order valence-electron chi connectivity index (χ3n) is 5.50. The third kappa shape index (κ3) is 6.10. The Labute approximate surface area is 194 Å². The lowest BCUT2D eigenvalue weighted by atomic mass is 10.2. The molecule has 0 aliphatic carbocycles. The molecule has 0 saturated carbocycles. The zero-order chi connectivity index (χ0) is 24.0. The van der Waals surface area contributed by atoms with Gasteiger partial charge in [-0.25, -0.2) is 8.42 Å². The second-order valence-corrected chi connectivity index (χ2v) is 9.67. The minimum absolute atomic E-state index is 0.116. The van der Waals surface area contributed by atoms with Crippen LogP contribution in [0.5, 0.6) is 11.5 Å². The number of ketones is 1. The number of benzene rings is 2. The maximum absolute atomic E-state index is 13.0. The second kappa shape index (κ2) is 10.8. The number of carbonyl (C=O) groups excluding carboxylic acids is 2. The quantitative estimate of drug-likeness (QED) is 0.584. The molecule has 9 nitrogen and oxygen atoms in total. The van der Waals surface area contributed by atoms with Crippen molar-refractivity contribution < 1.29 is 27.5 Å². The van der Waals surface area contributed by atoms with Crippen molar-refractivity contribution in [3.8, 4) is 11.5 Å². The first-order valence-corrected chi connectivity index (χ1v) is 12.0. The van der Waals surface area contributed by atoms with Crippen molar-refractivity contribution in [2.24, 2.45) is 0 Å². The van der Waals surface area contributed by atoms with Gasteiger partial charge in [0.25, 0.3) is 0 Å². The van der Waals surface area contributed by atoms with E-state index in [1.165, 1.54) is 42.6 Å². The van der Waals surface area contributed by atoms with Gasteiger partial charge in [0.15, 0.2) is 5.78 Å². The van der Waals surface area contributed by atoms with E-state index in [-0.39, 0.29) is 29.7 Å². The minimum Gasteiger partial charge on any atom is -0.497 e. The largest absolute Gasteiger partial charge is 0.497 e. The lowest BCUT2D eigenvalue weighted by Gasteiger charge is -2.21. The lowest BCUT2D eigenvalue weighted by molar-refractivity contribution is -0.117. The van der Waals surface area contributed by atoms with Gasteiger partial charge in [0.05, 0.1) is 31.3 Å². The summed E-state index contributed by atoms with van der Waals surface area (Å²) < 4.78 is 38.0. The first kappa shape index (κ1) is 24.7. The number of hydrogen-bond donors (Lipinski definition) is 1. The maximum Gasteiger partial charge on any atom is 0.243 e. The van der Waals surface area contributed by atoms with Gasteiger partial charge in [-0.2, -0.15) is 4.31 Å². The Morgan fingerprint density at radius 2 is 1.70 bits per heavy atom. The molecule has 3 rings (SSSR count). The Kier molecular flexibility index (Phi) is 8.06. The third-order valence-corrected chi connectivity index (χ3v) is 7.41. The number of nitrogens with one attached hydrogen (secondary N) is 1. The molecule has 0 atom stereocenters. The topological polar surface area (TPSA) is 105 Å². The number of nitrogens with zero attached hydrogens (tertiary/aromatic N) is 2. The summed E-state index contributed by atoms with van der Waals surface area (Å²) in [5, 5.41) is 2.84. The predicted molar refractivity (Wildman–Crippen MR) is 124 cm³/mol. The summed E-state index contributed by atoms with van der Waals surface area (Å²) in [5.41, 5.74) is 1.01. The van der Waals surface area contributed by atoms with Gasteiger partial charge < -0.3 is 14.8 Å². The van der Waals surface area contributed by atoms with E-state index in [4.69, 9.17) is 9.47 Å². The molecule has 1 fully saturated rings. The zero-order valence-corrected chi connectivity index (χ0v) is 19.9. The van der Waals surface area contributed by atoms with E-state index in [0.29, 0.717) is 48.8 Å². The molecule has 33 heavy (non-hydrogen) atoms. The SMILES string of the molecule is COc1ccc(NC(=O)CN2CCCN(S(=O)(=O)c3ccc(C(C)=O)cc3)CC2)c(OC)c1. The number of Topliss-reactive ketones (excluding diaryl/α,β-unsaturated/α-hetero) is 1. The van der Waals surface area contributed by atoms with E-state index < -0.39 is 10.0 Å². The van der Waals surface area contributed by atoms with Gasteiger partial charge in [0, 0.05) is 31.3 Å². The molecule has 1 aliphatic heterocycles. The molecule has 2 aromatic carbocycles. The van der Waals surface area contributed by atoms with E-state index in [0.717, 1.165) is 0 Å². The molecular formula is C23H29N3O6S. The van der Waals surface area contributed by atoms with Crippen LogP contribution in [-0.4, -0.2) is 76.3 Å². The fourth-order valence-corrected chi connectivity index (χ4v) is 5.12. The molecule has 1 saturated heterocycles. The van der Waals surface area contributed by atoms with E-state index in [1.54, 1.807) is 25.3 Å². The molecule has 0 bridgehead atoms. The highest BCUT2D eigenvalue weighted by Gasteiger charge is 2.27. The van der Waals surface area contributed by atoms with Crippen molar-refractivity contribution in [3.05, 3.63) is 48.0 Å². The van der Waals surface area contributed by atoms with E-state index in [2.05, 4.69) is 5.32 Å². The van der Waals surface area contributed by atoms with Crippen LogP contribution in [0.15, 0.2) is 47.4 Å². The van der Waals surface area contributed by atoms with Crippen LogP contribution in [0.25, 0.3) is 0 Å². The van der Waals surface area contributed by atoms with Crippen LogP contribution in [0.3, 0.4) is 0 Å². The first-order valence-electron chi connectivity index (χ1n) is 10.6. The fraction of sp³-hybridized carbons (Fsp3) is 0.391. The molecule has 0 radical (unpaired) electrons. The van der Waals surface area contributed by atoms with Gasteiger partial charge in [-0.3, -0.25) is 14.5 Å². The monoisotopic (exact) mass is 475 g/mol. The molecule has 1 amide bonds. The fourth-order valence-electron chi connectivity index (χ4n) is 3.65. The predicted octanol–water partition coefficient (Wildman–Crippen LogP) is 2.24. The molecule has 0 unspecified atom stereocenters. The molecule has 178 valence electrons. The van der Waals surface area contributed by atoms with Gasteiger partial charge in [-0.15, -0.1) is 0 Å². The minimum atomic E-state index is -3.68. The van der Waals surface area contributed by atoms with Crippen molar-refractivity contribution >= 4 is 27.4 Å². The van der Waals surface area contributed by atoms with E-state index >= 15 is 0 Å². The molecule has 1 aliphatic rings. The summed E-state index contributed by atoms with van der Waals surface area (Å²) in [6.45, 7) is 3.24. The number of hydrogen-bond acceptors (Lipinski definition) is 7. The summed E-state index contributed by atoms with van der Waals surface area (Å²) in [6.07, 6.45) is 0.601. The van der Waals surface area contributed by atoms with Crippen LogP contribution in [0.1, 0.15) is 23.7 Å². The van der Waals surface area contributed by atoms with E-state index in [1.807, 2.05) is 4.90 Å². The van der Waals surface area contributed by atoms with Crippen LogP contribution >= 0.6 is 0 Å². The summed E-state index contributed by atoms with van der Waals surface area (Å²) in [6, 6.07) is 11.1. The van der Waals surface area contributed by atoms with Crippen LogP contribution in [0, 0.1) is 0 Å². The highest BCUT2D eigenvalue weighted by atomic mass is 32.2. The molecular weight excluding hydrogens is 446 g/mol. The molecule has 2 aromatic rings. The smallest absolute Gasteiger partial charge is 0.243 e. The van der Waals surface area contributed by atoms with Crippen LogP contribution in [0.2, 0.25) is 0 Å². The summed E-state index contributed by atoms with van der Waals surface area (Å²) in [4.78, 5) is 26.1. The number of anilines is 1. The number of rotatable bonds is 8. The van der Waals surface area contributed by atoms with Crippen LogP contribution in [-0.2, 0) is 14.8 Å². The average molecular weight is 476 g/mol. The number of sulfonamides is 1. The van der Waals surface area contributed by atoms with Crippen molar-refractivity contribution in [1.29, 1.82) is 0 Å². The highest BCUT2D eigenvalue weighted by molar-refractivity contribution is 7.89. The summed E-state index contributed by atoms with van der Waals surface area (Å²) in [5.74, 6) is 0.783. The first-order chi connectivity index (χ1) is 15.7. The molecule has 0 spiro atoms. The summed E-state index contributed by atoms with van der Waals surface area (Å²) >= 11 is 0. The molecule has 1 heterocycles. The lowest BCUT2D eigenvalue weighted by Crippen LogP contribution is -2.38. The van der Waals surface area contributed by atoms with Gasteiger partial charge >= 0.3 is 0 Å². The Bertz CT molecular complexity index is 1100.